The van der Waals surface area contributed by atoms with Crippen LogP contribution in [-0.2, 0) is 6.54 Å². The number of amides is 1. The van der Waals surface area contributed by atoms with Crippen LogP contribution in [0, 0.1) is 5.92 Å². The minimum atomic E-state index is -0.164. The number of aromatic nitrogens is 1. The van der Waals surface area contributed by atoms with E-state index in [1.54, 1.807) is 18.2 Å². The van der Waals surface area contributed by atoms with Crippen molar-refractivity contribution in [3.63, 3.8) is 0 Å². The highest BCUT2D eigenvalue weighted by Crippen LogP contribution is 2.21. The lowest BCUT2D eigenvalue weighted by Crippen LogP contribution is -2.38. The minimum Gasteiger partial charge on any atom is -0.352 e. The fourth-order valence-electron chi connectivity index (χ4n) is 3.07. The van der Waals surface area contributed by atoms with E-state index in [1.165, 1.54) is 0 Å². The van der Waals surface area contributed by atoms with E-state index in [-0.39, 0.29) is 5.91 Å². The van der Waals surface area contributed by atoms with Crippen molar-refractivity contribution in [1.29, 1.82) is 0 Å². The van der Waals surface area contributed by atoms with E-state index in [4.69, 9.17) is 23.2 Å². The van der Waals surface area contributed by atoms with Crippen LogP contribution in [0.1, 0.15) is 28.9 Å². The summed E-state index contributed by atoms with van der Waals surface area (Å²) in [6.45, 7) is 3.60. The number of carbonyl (C=O) groups excluding carboxylic acids is 1. The van der Waals surface area contributed by atoms with Crippen molar-refractivity contribution in [2.45, 2.75) is 19.4 Å². The molecule has 0 unspecified atom stereocenters. The van der Waals surface area contributed by atoms with E-state index in [0.29, 0.717) is 28.1 Å². The first-order valence-corrected chi connectivity index (χ1v) is 9.23. The van der Waals surface area contributed by atoms with Gasteiger partial charge in [-0.2, -0.15) is 0 Å². The van der Waals surface area contributed by atoms with Crippen LogP contribution in [0.3, 0.4) is 0 Å². The Kier molecular flexibility index (Phi) is 6.29. The molecule has 0 aliphatic carbocycles. The van der Waals surface area contributed by atoms with Crippen LogP contribution in [0.4, 0.5) is 0 Å². The van der Waals surface area contributed by atoms with Crippen molar-refractivity contribution in [3.8, 4) is 0 Å². The van der Waals surface area contributed by atoms with Crippen molar-refractivity contribution in [1.82, 2.24) is 15.2 Å². The molecular weight excluding hydrogens is 357 g/mol. The van der Waals surface area contributed by atoms with Gasteiger partial charge in [-0.25, -0.2) is 0 Å². The highest BCUT2D eigenvalue weighted by atomic mass is 35.5. The van der Waals surface area contributed by atoms with Crippen LogP contribution < -0.4 is 5.32 Å². The summed E-state index contributed by atoms with van der Waals surface area (Å²) >= 11 is 12.0. The number of halogens is 2. The van der Waals surface area contributed by atoms with E-state index in [1.807, 2.05) is 18.3 Å². The molecule has 1 aliphatic heterocycles. The lowest BCUT2D eigenvalue weighted by Gasteiger charge is -2.31. The average Bonchev–Trinajstić information content (AvgIpc) is 2.64. The van der Waals surface area contributed by atoms with Crippen molar-refractivity contribution >= 4 is 29.1 Å². The van der Waals surface area contributed by atoms with Gasteiger partial charge in [0.05, 0.1) is 16.3 Å². The maximum atomic E-state index is 12.3. The van der Waals surface area contributed by atoms with Gasteiger partial charge in [0.2, 0.25) is 0 Å². The number of pyridine rings is 1. The molecule has 0 spiro atoms. The Hall–Kier alpha value is -1.62. The van der Waals surface area contributed by atoms with Crippen molar-refractivity contribution in [2.75, 3.05) is 19.6 Å². The minimum absolute atomic E-state index is 0.164. The molecule has 0 radical (unpaired) electrons. The first-order valence-electron chi connectivity index (χ1n) is 8.47. The number of nitrogens with zero attached hydrogens (tertiary/aromatic N) is 2. The number of benzene rings is 1. The Labute approximate surface area is 158 Å². The van der Waals surface area contributed by atoms with Crippen LogP contribution in [0.2, 0.25) is 10.0 Å². The van der Waals surface area contributed by atoms with Gasteiger partial charge in [0.25, 0.3) is 5.91 Å². The van der Waals surface area contributed by atoms with E-state index < -0.39 is 0 Å². The zero-order chi connectivity index (χ0) is 17.6. The summed E-state index contributed by atoms with van der Waals surface area (Å²) in [5, 5.41) is 3.92. The molecule has 132 valence electrons. The summed E-state index contributed by atoms with van der Waals surface area (Å²) in [5.74, 6) is 0.324. The van der Waals surface area contributed by atoms with Gasteiger partial charge in [-0.05, 0) is 62.2 Å². The monoisotopic (exact) mass is 377 g/mol. The predicted octanol–water partition coefficient (Wildman–Crippen LogP) is 4.03. The summed E-state index contributed by atoms with van der Waals surface area (Å²) in [5.41, 5.74) is 1.53. The molecule has 1 N–H and O–H groups in total. The van der Waals surface area contributed by atoms with Gasteiger partial charge in [0, 0.05) is 24.3 Å². The molecule has 1 aliphatic rings. The van der Waals surface area contributed by atoms with Crippen LogP contribution in [0.15, 0.2) is 42.6 Å². The molecule has 2 heterocycles. The Bertz CT molecular complexity index is 716. The molecule has 4 nitrogen and oxygen atoms in total. The third-order valence-electron chi connectivity index (χ3n) is 4.54. The topological polar surface area (TPSA) is 45.2 Å². The Balaban J connectivity index is 1.45. The van der Waals surface area contributed by atoms with E-state index in [2.05, 4.69) is 21.3 Å². The van der Waals surface area contributed by atoms with E-state index in [0.717, 1.165) is 38.2 Å². The first-order chi connectivity index (χ1) is 12.1. The molecule has 0 atom stereocenters. The maximum absolute atomic E-state index is 12.3. The summed E-state index contributed by atoms with van der Waals surface area (Å²) < 4.78 is 0. The number of rotatable bonds is 5. The molecule has 1 saturated heterocycles. The Morgan fingerprint density at radius 1 is 1.20 bits per heavy atom. The zero-order valence-electron chi connectivity index (χ0n) is 13.9. The molecule has 2 aromatic rings. The summed E-state index contributed by atoms with van der Waals surface area (Å²) in [7, 11) is 0. The molecule has 1 fully saturated rings. The molecule has 0 saturated carbocycles. The normalized spacial score (nSPS) is 15.9. The molecule has 25 heavy (non-hydrogen) atoms. The van der Waals surface area contributed by atoms with Gasteiger partial charge < -0.3 is 5.32 Å². The van der Waals surface area contributed by atoms with Gasteiger partial charge in [0.1, 0.15) is 0 Å². The molecule has 6 heteroatoms. The quantitative estimate of drug-likeness (QED) is 0.855. The van der Waals surface area contributed by atoms with Gasteiger partial charge in [-0.15, -0.1) is 0 Å². The van der Waals surface area contributed by atoms with Crippen LogP contribution in [0.5, 0.6) is 0 Å². The molecule has 1 aromatic heterocycles. The van der Waals surface area contributed by atoms with Crippen molar-refractivity contribution in [2.24, 2.45) is 5.92 Å². The fourth-order valence-corrected chi connectivity index (χ4v) is 3.45. The summed E-state index contributed by atoms with van der Waals surface area (Å²) in [6, 6.07) is 10.9. The second kappa shape index (κ2) is 8.65. The molecule has 1 amide bonds. The molecule has 1 aromatic carbocycles. The number of nitrogens with one attached hydrogen (secondary N) is 1. The van der Waals surface area contributed by atoms with Gasteiger partial charge in [-0.1, -0.05) is 29.3 Å². The number of piperidine rings is 1. The van der Waals surface area contributed by atoms with E-state index >= 15 is 0 Å². The lowest BCUT2D eigenvalue weighted by atomic mass is 9.96. The SMILES string of the molecule is O=C(NCC1CCN(Cc2ccccn2)CC1)c1cc(Cl)ccc1Cl. The molecular formula is C19H21Cl2N3O. The highest BCUT2D eigenvalue weighted by molar-refractivity contribution is 6.35. The smallest absolute Gasteiger partial charge is 0.252 e. The fraction of sp³-hybridized carbons (Fsp3) is 0.368. The molecule has 3 rings (SSSR count). The van der Waals surface area contributed by atoms with Crippen LogP contribution in [-0.4, -0.2) is 35.4 Å². The number of likely N-dealkylation sites (tertiary alicyclic amines) is 1. The number of hydrogen-bond acceptors (Lipinski definition) is 3. The highest BCUT2D eigenvalue weighted by Gasteiger charge is 2.20. The van der Waals surface area contributed by atoms with Gasteiger partial charge in [-0.3, -0.25) is 14.7 Å². The lowest BCUT2D eigenvalue weighted by molar-refractivity contribution is 0.0935. The standard InChI is InChI=1S/C19H21Cl2N3O/c20-15-4-5-18(21)17(11-15)19(25)23-12-14-6-9-24(10-7-14)13-16-3-1-2-8-22-16/h1-5,8,11,14H,6-7,9-10,12-13H2,(H,23,25). The number of carbonyl (C=O) groups is 1. The van der Waals surface area contributed by atoms with Crippen LogP contribution >= 0.6 is 23.2 Å². The van der Waals surface area contributed by atoms with Gasteiger partial charge >= 0.3 is 0 Å². The van der Waals surface area contributed by atoms with E-state index in [9.17, 15) is 4.79 Å². The second-order valence-corrected chi connectivity index (χ2v) is 7.22. The second-order valence-electron chi connectivity index (χ2n) is 6.37. The third kappa shape index (κ3) is 5.18. The maximum Gasteiger partial charge on any atom is 0.252 e. The molecule has 0 bridgehead atoms. The number of hydrogen-bond donors (Lipinski definition) is 1. The predicted molar refractivity (Wildman–Crippen MR) is 101 cm³/mol. The summed E-state index contributed by atoms with van der Waals surface area (Å²) in [4.78, 5) is 19.1. The summed E-state index contributed by atoms with van der Waals surface area (Å²) in [6.07, 6.45) is 3.96. The van der Waals surface area contributed by atoms with Crippen molar-refractivity contribution < 1.29 is 4.79 Å². The zero-order valence-corrected chi connectivity index (χ0v) is 15.4. The average molecular weight is 378 g/mol. The Morgan fingerprint density at radius 2 is 2.00 bits per heavy atom. The Morgan fingerprint density at radius 3 is 2.72 bits per heavy atom. The third-order valence-corrected chi connectivity index (χ3v) is 5.11. The van der Waals surface area contributed by atoms with Gasteiger partial charge in [0.15, 0.2) is 0 Å². The van der Waals surface area contributed by atoms with Crippen LogP contribution in [0.25, 0.3) is 0 Å². The first kappa shape index (κ1) is 18.2. The van der Waals surface area contributed by atoms with Crippen molar-refractivity contribution in [3.05, 3.63) is 63.9 Å². The largest absolute Gasteiger partial charge is 0.352 e.